The lowest BCUT2D eigenvalue weighted by molar-refractivity contribution is -0.311. The SMILES string of the molecule is COc1ccc2c3c1OC1[C@@]4(OC)CC[C@@]5(C[C@@H]4C(C)(O)C(C)(C)C)C(C2)N(C)CC[C@]315. The van der Waals surface area contributed by atoms with Crippen LogP contribution in [0.15, 0.2) is 12.1 Å². The molecule has 3 saturated carbocycles. The molecule has 1 aromatic rings. The Morgan fingerprint density at radius 3 is 2.53 bits per heavy atom. The fraction of sp³-hybridized carbons (Fsp3) is 0.778. The third kappa shape index (κ3) is 2.01. The molecule has 2 heterocycles. The van der Waals surface area contributed by atoms with Crippen molar-refractivity contribution in [3.05, 3.63) is 23.3 Å². The van der Waals surface area contributed by atoms with Gasteiger partial charge in [0, 0.05) is 35.5 Å². The van der Waals surface area contributed by atoms with Crippen LogP contribution in [0.25, 0.3) is 0 Å². The normalized spacial score (nSPS) is 43.4. The highest BCUT2D eigenvalue weighted by atomic mass is 16.6. The number of rotatable bonds is 3. The van der Waals surface area contributed by atoms with Crippen molar-refractivity contribution in [2.45, 2.75) is 88.6 Å². The Labute approximate surface area is 192 Å². The van der Waals surface area contributed by atoms with Gasteiger partial charge in [-0.15, -0.1) is 0 Å². The van der Waals surface area contributed by atoms with Gasteiger partial charge in [0.15, 0.2) is 11.5 Å². The second-order valence-electron chi connectivity index (χ2n) is 12.5. The smallest absolute Gasteiger partial charge is 0.165 e. The quantitative estimate of drug-likeness (QED) is 0.770. The highest BCUT2D eigenvalue weighted by Gasteiger charge is 2.82. The van der Waals surface area contributed by atoms with E-state index in [1.165, 1.54) is 11.1 Å². The zero-order chi connectivity index (χ0) is 22.9. The van der Waals surface area contributed by atoms with Gasteiger partial charge >= 0.3 is 0 Å². The van der Waals surface area contributed by atoms with Crippen LogP contribution in [-0.4, -0.2) is 61.2 Å². The highest BCUT2D eigenvalue weighted by molar-refractivity contribution is 5.63. The van der Waals surface area contributed by atoms with E-state index in [4.69, 9.17) is 14.2 Å². The molecule has 1 saturated heterocycles. The maximum atomic E-state index is 12.1. The molecule has 3 unspecified atom stereocenters. The summed E-state index contributed by atoms with van der Waals surface area (Å²) in [6.07, 6.45) is 5.07. The monoisotopic (exact) mass is 441 g/mol. The average Bonchev–Trinajstić information content (AvgIpc) is 3.12. The zero-order valence-electron chi connectivity index (χ0n) is 20.7. The first-order valence-electron chi connectivity index (χ1n) is 12.3. The molecule has 4 bridgehead atoms. The van der Waals surface area contributed by atoms with E-state index >= 15 is 0 Å². The third-order valence-corrected chi connectivity index (χ3v) is 11.0. The van der Waals surface area contributed by atoms with Crippen molar-refractivity contribution in [1.29, 1.82) is 0 Å². The molecular formula is C27H39NO4. The first-order chi connectivity index (χ1) is 15.0. The standard InChI is InChI=1S/C27H39NO4/c1-23(2,3)24(4,29)18-15-25-10-11-27(18,31-7)22-26(25)12-13-28(5)19(25)14-16-8-9-17(30-6)21(32-22)20(16)26/h8-9,18-19,22,29H,10-15H2,1-7H3/t18-,19?,22?,24?,25-,26+,27-/m1/s1. The van der Waals surface area contributed by atoms with Crippen molar-refractivity contribution in [1.82, 2.24) is 4.90 Å². The number of nitrogens with zero attached hydrogens (tertiary/aromatic N) is 1. The number of hydrogen-bond donors (Lipinski definition) is 1. The average molecular weight is 442 g/mol. The number of ether oxygens (including phenoxy) is 3. The number of hydrogen-bond acceptors (Lipinski definition) is 5. The van der Waals surface area contributed by atoms with Crippen LogP contribution >= 0.6 is 0 Å². The van der Waals surface area contributed by atoms with E-state index in [9.17, 15) is 5.11 Å². The first-order valence-corrected chi connectivity index (χ1v) is 12.3. The lowest BCUT2D eigenvalue weighted by Crippen LogP contribution is -2.83. The number of benzene rings is 1. The topological polar surface area (TPSA) is 51.2 Å². The van der Waals surface area contributed by atoms with Gasteiger partial charge in [-0.05, 0) is 69.7 Å². The summed E-state index contributed by atoms with van der Waals surface area (Å²) in [7, 11) is 5.89. The molecule has 4 aliphatic carbocycles. The Kier molecular flexibility index (Phi) is 4.00. The predicted molar refractivity (Wildman–Crippen MR) is 123 cm³/mol. The predicted octanol–water partition coefficient (Wildman–Crippen LogP) is 3.94. The van der Waals surface area contributed by atoms with Gasteiger partial charge in [0.05, 0.1) is 12.7 Å². The fourth-order valence-electron chi connectivity index (χ4n) is 9.01. The molecule has 7 rings (SSSR count). The fourth-order valence-corrected chi connectivity index (χ4v) is 9.01. The first kappa shape index (κ1) is 21.2. The summed E-state index contributed by atoms with van der Waals surface area (Å²) in [6, 6.07) is 4.82. The van der Waals surface area contributed by atoms with Gasteiger partial charge in [0.25, 0.3) is 0 Å². The van der Waals surface area contributed by atoms with Crippen LogP contribution in [-0.2, 0) is 16.6 Å². The Balaban J connectivity index is 1.65. The number of likely N-dealkylation sites (N-methyl/N-ethyl adjacent to an activating group) is 1. The van der Waals surface area contributed by atoms with Crippen LogP contribution in [0.4, 0.5) is 0 Å². The maximum absolute atomic E-state index is 12.1. The van der Waals surface area contributed by atoms with Gasteiger partial charge in [0.2, 0.25) is 0 Å². The van der Waals surface area contributed by atoms with E-state index in [1.807, 2.05) is 14.0 Å². The summed E-state index contributed by atoms with van der Waals surface area (Å²) < 4.78 is 19.4. The number of methoxy groups -OCH3 is 2. The molecule has 32 heavy (non-hydrogen) atoms. The molecule has 0 radical (unpaired) electrons. The van der Waals surface area contributed by atoms with E-state index < -0.39 is 11.2 Å². The highest BCUT2D eigenvalue weighted by Crippen LogP contribution is 2.77. The molecule has 0 aromatic heterocycles. The molecule has 2 aliphatic heterocycles. The summed E-state index contributed by atoms with van der Waals surface area (Å²) in [5, 5.41) is 12.1. The lowest BCUT2D eigenvalue weighted by atomic mass is 9.33. The van der Waals surface area contributed by atoms with Crippen LogP contribution in [0.5, 0.6) is 11.5 Å². The van der Waals surface area contributed by atoms with Crippen LogP contribution in [0.3, 0.4) is 0 Å². The Morgan fingerprint density at radius 1 is 1.12 bits per heavy atom. The molecule has 0 amide bonds. The number of piperidine rings is 1. The van der Waals surface area contributed by atoms with Crippen molar-refractivity contribution in [3.63, 3.8) is 0 Å². The minimum atomic E-state index is -0.882. The second-order valence-corrected chi connectivity index (χ2v) is 12.5. The van der Waals surface area contributed by atoms with E-state index in [1.54, 1.807) is 7.11 Å². The van der Waals surface area contributed by atoms with E-state index in [2.05, 4.69) is 44.9 Å². The summed E-state index contributed by atoms with van der Waals surface area (Å²) in [5.41, 5.74) is 1.17. The van der Waals surface area contributed by atoms with Crippen molar-refractivity contribution in [2.75, 3.05) is 27.8 Å². The van der Waals surface area contributed by atoms with E-state index in [-0.39, 0.29) is 28.3 Å². The summed E-state index contributed by atoms with van der Waals surface area (Å²) in [6.45, 7) is 9.59. The van der Waals surface area contributed by atoms with Crippen LogP contribution in [0.1, 0.15) is 64.5 Å². The van der Waals surface area contributed by atoms with Gasteiger partial charge < -0.3 is 24.2 Å². The van der Waals surface area contributed by atoms with E-state index in [0.717, 1.165) is 50.1 Å². The molecule has 7 atom stereocenters. The Morgan fingerprint density at radius 2 is 1.88 bits per heavy atom. The molecule has 2 spiro atoms. The van der Waals surface area contributed by atoms with Gasteiger partial charge in [-0.2, -0.15) is 0 Å². The summed E-state index contributed by atoms with van der Waals surface area (Å²) >= 11 is 0. The van der Waals surface area contributed by atoms with Gasteiger partial charge in [-0.3, -0.25) is 0 Å². The Bertz CT molecular complexity index is 983. The van der Waals surface area contributed by atoms with E-state index in [0.29, 0.717) is 6.04 Å². The molecule has 176 valence electrons. The summed E-state index contributed by atoms with van der Waals surface area (Å²) in [5.74, 6) is 1.79. The van der Waals surface area contributed by atoms with Crippen molar-refractivity contribution in [3.8, 4) is 11.5 Å². The van der Waals surface area contributed by atoms with Crippen LogP contribution < -0.4 is 9.47 Å². The lowest BCUT2D eigenvalue weighted by Gasteiger charge is -2.75. The van der Waals surface area contributed by atoms with Crippen LogP contribution in [0.2, 0.25) is 0 Å². The molecule has 1 aromatic carbocycles. The minimum absolute atomic E-state index is 0.00253. The second kappa shape index (κ2) is 6.03. The number of likely N-dealkylation sites (tertiary alicyclic amines) is 1. The summed E-state index contributed by atoms with van der Waals surface area (Å²) in [4.78, 5) is 2.60. The van der Waals surface area contributed by atoms with Gasteiger partial charge in [0.1, 0.15) is 11.7 Å². The molecule has 6 aliphatic rings. The molecule has 4 fully saturated rings. The molecule has 5 heteroatoms. The van der Waals surface area contributed by atoms with Crippen LogP contribution in [0, 0.1) is 16.7 Å². The maximum Gasteiger partial charge on any atom is 0.165 e. The van der Waals surface area contributed by atoms with Gasteiger partial charge in [-0.1, -0.05) is 26.8 Å². The van der Waals surface area contributed by atoms with Crippen molar-refractivity contribution in [2.24, 2.45) is 16.7 Å². The largest absolute Gasteiger partial charge is 0.493 e. The number of fused-ring (bicyclic) bond motifs is 2. The number of aliphatic hydroxyl groups is 1. The van der Waals surface area contributed by atoms with Crippen molar-refractivity contribution >= 4 is 0 Å². The molecular weight excluding hydrogens is 402 g/mol. The molecule has 5 nitrogen and oxygen atoms in total. The third-order valence-electron chi connectivity index (χ3n) is 11.0. The van der Waals surface area contributed by atoms with Gasteiger partial charge in [-0.25, -0.2) is 0 Å². The molecule has 1 N–H and O–H groups in total. The zero-order valence-corrected chi connectivity index (χ0v) is 20.7. The minimum Gasteiger partial charge on any atom is -0.493 e. The van der Waals surface area contributed by atoms with Crippen molar-refractivity contribution < 1.29 is 19.3 Å². The Hall–Kier alpha value is -1.30.